The van der Waals surface area contributed by atoms with Crippen LogP contribution in [0.2, 0.25) is 0 Å². The zero-order valence-corrected chi connectivity index (χ0v) is 13.2. The lowest BCUT2D eigenvalue weighted by atomic mass is 10.1. The van der Waals surface area contributed by atoms with Crippen molar-refractivity contribution in [1.82, 2.24) is 0 Å². The molecule has 1 unspecified atom stereocenters. The highest BCUT2D eigenvalue weighted by atomic mass is 19.1. The first-order valence-electron chi connectivity index (χ1n) is 7.40. The highest BCUT2D eigenvalue weighted by Gasteiger charge is 2.21. The second-order valence-corrected chi connectivity index (χ2v) is 5.73. The van der Waals surface area contributed by atoms with Crippen molar-refractivity contribution in [3.63, 3.8) is 0 Å². The van der Waals surface area contributed by atoms with Crippen LogP contribution in [-0.2, 0) is 11.3 Å². The number of carbonyl (C=O) groups excluding carboxylic acids is 1. The number of rotatable bonds is 5. The smallest absolute Gasteiger partial charge is 0.282 e. The Morgan fingerprint density at radius 2 is 1.73 bits per heavy atom. The summed E-state index contributed by atoms with van der Waals surface area (Å²) in [6.07, 6.45) is 0. The van der Waals surface area contributed by atoms with Crippen molar-refractivity contribution in [3.8, 4) is 0 Å². The van der Waals surface area contributed by atoms with Crippen molar-refractivity contribution in [3.05, 3.63) is 65.5 Å². The number of likely N-dealkylation sites (N-methyl/N-ethyl adjacent to an activating group) is 1. The van der Waals surface area contributed by atoms with Crippen molar-refractivity contribution in [2.24, 2.45) is 0 Å². The standard InChI is InChI=1S/C18H21FN2O/c1-13-4-6-15(7-5-13)12-21(3)14(2)18(22)20-17-10-8-16(19)9-11-17/h4-11,14H,12H2,1-3H3,(H,20,22)/p+1/t14-/m1/s1. The molecule has 0 aliphatic heterocycles. The quantitative estimate of drug-likeness (QED) is 0.872. The molecule has 0 saturated heterocycles. The third kappa shape index (κ3) is 4.40. The number of halogens is 1. The van der Waals surface area contributed by atoms with Crippen LogP contribution in [0.5, 0.6) is 0 Å². The second kappa shape index (κ2) is 7.18. The van der Waals surface area contributed by atoms with Crippen molar-refractivity contribution in [2.75, 3.05) is 12.4 Å². The maximum absolute atomic E-state index is 12.9. The first kappa shape index (κ1) is 16.2. The van der Waals surface area contributed by atoms with Crippen LogP contribution in [0.1, 0.15) is 18.1 Å². The Kier molecular flexibility index (Phi) is 5.28. The Balaban J connectivity index is 1.94. The third-order valence-electron chi connectivity index (χ3n) is 3.85. The first-order valence-corrected chi connectivity index (χ1v) is 7.40. The summed E-state index contributed by atoms with van der Waals surface area (Å²) < 4.78 is 12.9. The monoisotopic (exact) mass is 301 g/mol. The van der Waals surface area contributed by atoms with E-state index < -0.39 is 0 Å². The molecule has 2 aromatic rings. The average Bonchev–Trinajstić information content (AvgIpc) is 2.51. The van der Waals surface area contributed by atoms with Crippen molar-refractivity contribution >= 4 is 11.6 Å². The van der Waals surface area contributed by atoms with Gasteiger partial charge in [-0.2, -0.15) is 0 Å². The van der Waals surface area contributed by atoms with Crippen LogP contribution in [0.3, 0.4) is 0 Å². The maximum atomic E-state index is 12.9. The molecule has 0 aliphatic carbocycles. The van der Waals surface area contributed by atoms with E-state index in [1.54, 1.807) is 12.1 Å². The summed E-state index contributed by atoms with van der Waals surface area (Å²) in [5.74, 6) is -0.385. The molecular formula is C18H22FN2O+. The van der Waals surface area contributed by atoms with E-state index in [1.165, 1.54) is 23.3 Å². The first-order chi connectivity index (χ1) is 10.5. The SMILES string of the molecule is Cc1ccc(C[NH+](C)[C@H](C)C(=O)Nc2ccc(F)cc2)cc1. The summed E-state index contributed by atoms with van der Waals surface area (Å²) in [4.78, 5) is 13.4. The van der Waals surface area contributed by atoms with E-state index in [0.717, 1.165) is 11.4 Å². The molecule has 4 heteroatoms. The van der Waals surface area contributed by atoms with Crippen LogP contribution in [0.25, 0.3) is 0 Å². The molecule has 0 saturated carbocycles. The normalized spacial score (nSPS) is 13.5. The van der Waals surface area contributed by atoms with Gasteiger partial charge in [0.05, 0.1) is 7.05 Å². The summed E-state index contributed by atoms with van der Waals surface area (Å²) in [7, 11) is 1.99. The average molecular weight is 301 g/mol. The van der Waals surface area contributed by atoms with Crippen LogP contribution < -0.4 is 10.2 Å². The molecule has 2 rings (SSSR count). The van der Waals surface area contributed by atoms with E-state index in [2.05, 4.69) is 36.5 Å². The highest BCUT2D eigenvalue weighted by Crippen LogP contribution is 2.08. The van der Waals surface area contributed by atoms with Gasteiger partial charge in [0.15, 0.2) is 6.04 Å². The lowest BCUT2D eigenvalue weighted by molar-refractivity contribution is -0.907. The fourth-order valence-corrected chi connectivity index (χ4v) is 2.19. The van der Waals surface area contributed by atoms with Gasteiger partial charge in [-0.05, 0) is 38.1 Å². The van der Waals surface area contributed by atoms with E-state index in [0.29, 0.717) is 5.69 Å². The van der Waals surface area contributed by atoms with Crippen LogP contribution in [-0.4, -0.2) is 19.0 Å². The number of anilines is 1. The topological polar surface area (TPSA) is 33.5 Å². The number of benzene rings is 2. The highest BCUT2D eigenvalue weighted by molar-refractivity contribution is 5.93. The van der Waals surface area contributed by atoms with Gasteiger partial charge in [-0.1, -0.05) is 29.8 Å². The molecule has 0 aliphatic rings. The summed E-state index contributed by atoms with van der Waals surface area (Å²) in [6, 6.07) is 13.9. The van der Waals surface area contributed by atoms with Crippen LogP contribution in [0, 0.1) is 12.7 Å². The molecule has 0 bridgehead atoms. The largest absolute Gasteiger partial charge is 0.324 e. The van der Waals surface area contributed by atoms with Crippen LogP contribution in [0.15, 0.2) is 48.5 Å². The summed E-state index contributed by atoms with van der Waals surface area (Å²) >= 11 is 0. The number of hydrogen-bond acceptors (Lipinski definition) is 1. The summed E-state index contributed by atoms with van der Waals surface area (Å²) in [5.41, 5.74) is 3.04. The zero-order valence-electron chi connectivity index (χ0n) is 13.2. The lowest BCUT2D eigenvalue weighted by Gasteiger charge is -2.21. The van der Waals surface area contributed by atoms with Crippen molar-refractivity contribution < 1.29 is 14.1 Å². The van der Waals surface area contributed by atoms with E-state index >= 15 is 0 Å². The van der Waals surface area contributed by atoms with Crippen LogP contribution >= 0.6 is 0 Å². The third-order valence-corrected chi connectivity index (χ3v) is 3.85. The Labute approximate surface area is 130 Å². The lowest BCUT2D eigenvalue weighted by Crippen LogP contribution is -3.12. The molecule has 1 amide bonds. The minimum atomic E-state index is -0.312. The molecule has 116 valence electrons. The summed E-state index contributed by atoms with van der Waals surface area (Å²) in [5, 5.41) is 2.82. The number of quaternary nitrogens is 1. The van der Waals surface area contributed by atoms with E-state index in [9.17, 15) is 9.18 Å². The molecule has 3 nitrogen and oxygen atoms in total. The molecule has 0 radical (unpaired) electrons. The molecule has 0 spiro atoms. The van der Waals surface area contributed by atoms with Gasteiger partial charge in [-0.15, -0.1) is 0 Å². The van der Waals surface area contributed by atoms with Gasteiger partial charge in [0, 0.05) is 11.3 Å². The van der Waals surface area contributed by atoms with Crippen molar-refractivity contribution in [2.45, 2.75) is 26.4 Å². The van der Waals surface area contributed by atoms with E-state index in [-0.39, 0.29) is 17.8 Å². The predicted octanol–water partition coefficient (Wildman–Crippen LogP) is 2.18. The second-order valence-electron chi connectivity index (χ2n) is 5.73. The molecule has 0 heterocycles. The van der Waals surface area contributed by atoms with Gasteiger partial charge in [0.2, 0.25) is 0 Å². The minimum Gasteiger partial charge on any atom is -0.324 e. The number of carbonyl (C=O) groups is 1. The predicted molar refractivity (Wildman–Crippen MR) is 86.3 cm³/mol. The molecular weight excluding hydrogens is 279 g/mol. The number of hydrogen-bond donors (Lipinski definition) is 2. The molecule has 2 aromatic carbocycles. The molecule has 0 aromatic heterocycles. The van der Waals surface area contributed by atoms with Gasteiger partial charge in [-0.25, -0.2) is 4.39 Å². The molecule has 2 atom stereocenters. The number of amides is 1. The molecule has 2 N–H and O–H groups in total. The van der Waals surface area contributed by atoms with E-state index in [1.807, 2.05) is 14.0 Å². The molecule has 22 heavy (non-hydrogen) atoms. The maximum Gasteiger partial charge on any atom is 0.282 e. The Morgan fingerprint density at radius 1 is 1.14 bits per heavy atom. The van der Waals surface area contributed by atoms with Gasteiger partial charge >= 0.3 is 0 Å². The van der Waals surface area contributed by atoms with Gasteiger partial charge in [-0.3, -0.25) is 4.79 Å². The van der Waals surface area contributed by atoms with Gasteiger partial charge in [0.1, 0.15) is 12.4 Å². The zero-order chi connectivity index (χ0) is 16.1. The fourth-order valence-electron chi connectivity index (χ4n) is 2.19. The number of aryl methyl sites for hydroxylation is 1. The van der Waals surface area contributed by atoms with Gasteiger partial charge < -0.3 is 10.2 Å². The molecule has 0 fully saturated rings. The Morgan fingerprint density at radius 3 is 2.32 bits per heavy atom. The summed E-state index contributed by atoms with van der Waals surface area (Å²) in [6.45, 7) is 4.72. The van der Waals surface area contributed by atoms with Crippen LogP contribution in [0.4, 0.5) is 10.1 Å². The number of nitrogens with one attached hydrogen (secondary N) is 2. The van der Waals surface area contributed by atoms with Gasteiger partial charge in [0.25, 0.3) is 5.91 Å². The Hall–Kier alpha value is -2.20. The fraction of sp³-hybridized carbons (Fsp3) is 0.278. The minimum absolute atomic E-state index is 0.0729. The van der Waals surface area contributed by atoms with Crippen molar-refractivity contribution in [1.29, 1.82) is 0 Å². The Bertz CT molecular complexity index is 623. The van der Waals surface area contributed by atoms with E-state index in [4.69, 9.17) is 0 Å².